The summed E-state index contributed by atoms with van der Waals surface area (Å²) in [6.07, 6.45) is -4.79. The molecule has 4 rings (SSSR count). The molecule has 1 saturated heterocycles. The lowest BCUT2D eigenvalue weighted by Gasteiger charge is -2.35. The van der Waals surface area contributed by atoms with Crippen molar-refractivity contribution in [1.29, 1.82) is 0 Å². The Morgan fingerprint density at radius 2 is 1.96 bits per heavy atom. The van der Waals surface area contributed by atoms with Crippen LogP contribution >= 0.6 is 0 Å². The minimum absolute atomic E-state index is 0.00648. The SMILES string of the molecule is FC(F)(F)C1CN(c2cc(-c3ccccc3)nn3cnnc23)CCO1. The number of aromatic nitrogens is 4. The second kappa shape index (κ2) is 5.99. The fraction of sp³-hybridized carbons (Fsp3) is 0.312. The lowest BCUT2D eigenvalue weighted by Crippen LogP contribution is -2.49. The standard InChI is InChI=1S/C16H14F3N5O/c17-16(18,19)14-9-23(6-7-25-14)13-8-12(11-4-2-1-3-5-11)22-24-10-20-21-15(13)24/h1-5,8,10,14H,6-7,9H2. The van der Waals surface area contributed by atoms with Crippen molar-refractivity contribution < 1.29 is 17.9 Å². The number of ether oxygens (including phenoxy) is 1. The number of hydrogen-bond acceptors (Lipinski definition) is 5. The van der Waals surface area contributed by atoms with Gasteiger partial charge in [0.15, 0.2) is 6.10 Å². The zero-order valence-corrected chi connectivity index (χ0v) is 13.0. The Morgan fingerprint density at radius 1 is 1.16 bits per heavy atom. The number of fused-ring (bicyclic) bond motifs is 1. The molecule has 0 N–H and O–H groups in total. The Hall–Kier alpha value is -2.68. The van der Waals surface area contributed by atoms with Crippen LogP contribution in [0.1, 0.15) is 0 Å². The Kier molecular flexibility index (Phi) is 3.79. The van der Waals surface area contributed by atoms with Crippen LogP contribution in [0.3, 0.4) is 0 Å². The third-order valence-electron chi connectivity index (χ3n) is 4.09. The van der Waals surface area contributed by atoms with Crippen molar-refractivity contribution in [1.82, 2.24) is 19.8 Å². The Bertz CT molecular complexity index is 880. The van der Waals surface area contributed by atoms with Crippen molar-refractivity contribution in [3.05, 3.63) is 42.7 Å². The number of rotatable bonds is 2. The zero-order valence-electron chi connectivity index (χ0n) is 13.0. The molecule has 0 spiro atoms. The van der Waals surface area contributed by atoms with Gasteiger partial charge >= 0.3 is 6.18 Å². The Labute approximate surface area is 140 Å². The van der Waals surface area contributed by atoms with Gasteiger partial charge in [-0.2, -0.15) is 22.8 Å². The molecule has 0 radical (unpaired) electrons. The number of benzene rings is 1. The number of anilines is 1. The van der Waals surface area contributed by atoms with Gasteiger partial charge in [-0.1, -0.05) is 30.3 Å². The summed E-state index contributed by atoms with van der Waals surface area (Å²) in [6, 6.07) is 11.2. The highest BCUT2D eigenvalue weighted by molar-refractivity contribution is 5.74. The molecule has 6 nitrogen and oxygen atoms in total. The van der Waals surface area contributed by atoms with Gasteiger partial charge in [-0.05, 0) is 6.07 Å². The first kappa shape index (κ1) is 15.8. The van der Waals surface area contributed by atoms with E-state index in [1.165, 1.54) is 10.8 Å². The highest BCUT2D eigenvalue weighted by Crippen LogP contribution is 2.31. The maximum atomic E-state index is 13.0. The smallest absolute Gasteiger partial charge is 0.365 e. The van der Waals surface area contributed by atoms with E-state index in [2.05, 4.69) is 15.3 Å². The highest BCUT2D eigenvalue weighted by atomic mass is 19.4. The van der Waals surface area contributed by atoms with E-state index in [4.69, 9.17) is 4.74 Å². The van der Waals surface area contributed by atoms with Gasteiger partial charge in [0.1, 0.15) is 6.33 Å². The summed E-state index contributed by atoms with van der Waals surface area (Å²) in [5, 5.41) is 12.3. The maximum absolute atomic E-state index is 13.0. The van der Waals surface area contributed by atoms with E-state index in [1.807, 2.05) is 30.3 Å². The molecule has 9 heteroatoms. The molecule has 1 unspecified atom stereocenters. The molecule has 2 aromatic heterocycles. The van der Waals surface area contributed by atoms with Gasteiger partial charge in [0.25, 0.3) is 0 Å². The minimum Gasteiger partial charge on any atom is -0.365 e. The molecule has 0 saturated carbocycles. The molecule has 25 heavy (non-hydrogen) atoms. The molecule has 3 aromatic rings. The van der Waals surface area contributed by atoms with Crippen molar-refractivity contribution in [2.24, 2.45) is 0 Å². The summed E-state index contributed by atoms with van der Waals surface area (Å²) in [4.78, 5) is 1.62. The molecule has 1 fully saturated rings. The van der Waals surface area contributed by atoms with Crippen LogP contribution in [0.25, 0.3) is 16.9 Å². The normalized spacial score (nSPS) is 18.7. The fourth-order valence-electron chi connectivity index (χ4n) is 2.86. The van der Waals surface area contributed by atoms with Gasteiger partial charge in [0, 0.05) is 12.1 Å². The molecule has 130 valence electrons. The first-order valence-electron chi connectivity index (χ1n) is 7.72. The predicted octanol–water partition coefficient (Wildman–Crippen LogP) is 2.56. The van der Waals surface area contributed by atoms with E-state index in [0.717, 1.165) is 5.56 Å². The summed E-state index contributed by atoms with van der Waals surface area (Å²) >= 11 is 0. The molecule has 3 heterocycles. The molecule has 0 bridgehead atoms. The van der Waals surface area contributed by atoms with Gasteiger partial charge < -0.3 is 9.64 Å². The first-order valence-corrected chi connectivity index (χ1v) is 7.72. The molecule has 1 aliphatic rings. The van der Waals surface area contributed by atoms with Crippen LogP contribution in [0.5, 0.6) is 0 Å². The van der Waals surface area contributed by atoms with E-state index >= 15 is 0 Å². The van der Waals surface area contributed by atoms with Gasteiger partial charge in [-0.3, -0.25) is 0 Å². The average Bonchev–Trinajstić information content (AvgIpc) is 3.09. The van der Waals surface area contributed by atoms with Crippen molar-refractivity contribution in [3.63, 3.8) is 0 Å². The Morgan fingerprint density at radius 3 is 2.72 bits per heavy atom. The van der Waals surface area contributed by atoms with Crippen LogP contribution in [0, 0.1) is 0 Å². The quantitative estimate of drug-likeness (QED) is 0.712. The van der Waals surface area contributed by atoms with Crippen LogP contribution in [-0.4, -0.2) is 51.8 Å². The largest absolute Gasteiger partial charge is 0.416 e. The van der Waals surface area contributed by atoms with E-state index in [1.54, 1.807) is 11.0 Å². The van der Waals surface area contributed by atoms with Crippen LogP contribution < -0.4 is 4.90 Å². The average molecular weight is 349 g/mol. The number of nitrogens with zero attached hydrogens (tertiary/aromatic N) is 5. The summed E-state index contributed by atoms with van der Waals surface area (Å²) in [7, 11) is 0. The van der Waals surface area contributed by atoms with Crippen molar-refractivity contribution in [2.75, 3.05) is 24.6 Å². The monoisotopic (exact) mass is 349 g/mol. The third-order valence-corrected chi connectivity index (χ3v) is 4.09. The van der Waals surface area contributed by atoms with Crippen LogP contribution in [0.2, 0.25) is 0 Å². The van der Waals surface area contributed by atoms with E-state index < -0.39 is 12.3 Å². The molecule has 1 aromatic carbocycles. The van der Waals surface area contributed by atoms with Crippen LogP contribution in [0.4, 0.5) is 18.9 Å². The second-order valence-electron chi connectivity index (χ2n) is 5.73. The van der Waals surface area contributed by atoms with E-state index in [9.17, 15) is 13.2 Å². The first-order chi connectivity index (χ1) is 12.0. The molecule has 1 atom stereocenters. The minimum atomic E-state index is -4.40. The van der Waals surface area contributed by atoms with Crippen LogP contribution in [-0.2, 0) is 4.74 Å². The summed E-state index contributed by atoms with van der Waals surface area (Å²) in [5.74, 6) is 0. The molecule has 0 aliphatic carbocycles. The number of halogens is 3. The molecular weight excluding hydrogens is 335 g/mol. The van der Waals surface area contributed by atoms with Crippen LogP contribution in [0.15, 0.2) is 42.7 Å². The lowest BCUT2D eigenvalue weighted by molar-refractivity contribution is -0.221. The van der Waals surface area contributed by atoms with Crippen molar-refractivity contribution >= 4 is 11.3 Å². The number of morpholine rings is 1. The molecule has 1 aliphatic heterocycles. The van der Waals surface area contributed by atoms with Gasteiger partial charge in [0.05, 0.1) is 24.5 Å². The van der Waals surface area contributed by atoms with E-state index in [-0.39, 0.29) is 13.2 Å². The summed E-state index contributed by atoms with van der Waals surface area (Å²) in [5.41, 5.74) is 2.48. The van der Waals surface area contributed by atoms with Gasteiger partial charge in [-0.25, -0.2) is 0 Å². The third kappa shape index (κ3) is 3.02. The summed E-state index contributed by atoms with van der Waals surface area (Å²) < 4.78 is 45.5. The zero-order chi connectivity index (χ0) is 17.4. The van der Waals surface area contributed by atoms with E-state index in [0.29, 0.717) is 23.6 Å². The predicted molar refractivity (Wildman–Crippen MR) is 84.2 cm³/mol. The Balaban J connectivity index is 1.77. The molecule has 0 amide bonds. The number of alkyl halides is 3. The molecular formula is C16H14F3N5O. The second-order valence-corrected chi connectivity index (χ2v) is 5.73. The van der Waals surface area contributed by atoms with Gasteiger partial charge in [0.2, 0.25) is 5.65 Å². The fourth-order valence-corrected chi connectivity index (χ4v) is 2.86. The topological polar surface area (TPSA) is 55.6 Å². The lowest BCUT2D eigenvalue weighted by atomic mass is 10.1. The van der Waals surface area contributed by atoms with Crippen molar-refractivity contribution in [3.8, 4) is 11.3 Å². The van der Waals surface area contributed by atoms with Gasteiger partial charge in [-0.15, -0.1) is 10.2 Å². The maximum Gasteiger partial charge on any atom is 0.416 e. The van der Waals surface area contributed by atoms with Crippen molar-refractivity contribution in [2.45, 2.75) is 12.3 Å². The number of hydrogen-bond donors (Lipinski definition) is 0. The highest BCUT2D eigenvalue weighted by Gasteiger charge is 2.43. The summed E-state index contributed by atoms with van der Waals surface area (Å²) in [6.45, 7) is 0.0467.